The molecule has 0 aromatic heterocycles. The second-order valence-corrected chi connectivity index (χ2v) is 5.08. The summed E-state index contributed by atoms with van der Waals surface area (Å²) in [5.41, 5.74) is 1.89. The fraction of sp³-hybridized carbons (Fsp3) is 0.417. The highest BCUT2D eigenvalue weighted by Gasteiger charge is 2.21. The minimum atomic E-state index is -0.825. The minimum Gasteiger partial charge on any atom is -0.480 e. The highest BCUT2D eigenvalue weighted by atomic mass is 79.9. The molecule has 2 N–H and O–H groups in total. The number of nitrogens with one attached hydrogen (secondary N) is 1. The number of hydrogen-bond acceptors (Lipinski definition) is 2. The van der Waals surface area contributed by atoms with E-state index in [0.29, 0.717) is 0 Å². The van der Waals surface area contributed by atoms with Gasteiger partial charge in [-0.3, -0.25) is 0 Å². The van der Waals surface area contributed by atoms with Gasteiger partial charge in [0.1, 0.15) is 6.04 Å². The smallest absolute Gasteiger partial charge is 0.326 e. The molecular weight excluding hydrogens is 270 g/mol. The van der Waals surface area contributed by atoms with Crippen molar-refractivity contribution in [1.82, 2.24) is 0 Å². The molecule has 0 bridgehead atoms. The zero-order valence-electron chi connectivity index (χ0n) is 9.62. The van der Waals surface area contributed by atoms with Crippen LogP contribution in [0.2, 0.25) is 0 Å². The summed E-state index contributed by atoms with van der Waals surface area (Å²) in [5.74, 6) is -0.787. The van der Waals surface area contributed by atoms with Crippen molar-refractivity contribution in [2.24, 2.45) is 5.92 Å². The SMILES string of the molecule is Cc1ccc(Br)cc1NC(C(=O)O)C(C)C. The lowest BCUT2D eigenvalue weighted by Crippen LogP contribution is -2.34. The molecular formula is C12H16BrNO2. The second-order valence-electron chi connectivity index (χ2n) is 4.16. The van der Waals surface area contributed by atoms with Crippen LogP contribution in [0.3, 0.4) is 0 Å². The van der Waals surface area contributed by atoms with E-state index in [-0.39, 0.29) is 5.92 Å². The Morgan fingerprint density at radius 2 is 2.06 bits per heavy atom. The maximum absolute atomic E-state index is 11.1. The lowest BCUT2D eigenvalue weighted by molar-refractivity contribution is -0.138. The fourth-order valence-electron chi connectivity index (χ4n) is 1.43. The first-order chi connectivity index (χ1) is 7.41. The van der Waals surface area contributed by atoms with E-state index in [0.717, 1.165) is 15.7 Å². The number of aliphatic carboxylic acids is 1. The van der Waals surface area contributed by atoms with Crippen molar-refractivity contribution < 1.29 is 9.90 Å². The largest absolute Gasteiger partial charge is 0.480 e. The molecule has 0 aliphatic heterocycles. The Balaban J connectivity index is 2.93. The minimum absolute atomic E-state index is 0.0379. The van der Waals surface area contributed by atoms with Gasteiger partial charge in [-0.15, -0.1) is 0 Å². The summed E-state index contributed by atoms with van der Waals surface area (Å²) in [6, 6.07) is 5.22. The van der Waals surface area contributed by atoms with E-state index in [1.807, 2.05) is 39.0 Å². The van der Waals surface area contributed by atoms with Crippen LogP contribution < -0.4 is 5.32 Å². The third-order valence-corrected chi connectivity index (χ3v) is 2.94. The first-order valence-electron chi connectivity index (χ1n) is 5.17. The van der Waals surface area contributed by atoms with Crippen LogP contribution in [0.15, 0.2) is 22.7 Å². The van der Waals surface area contributed by atoms with Crippen molar-refractivity contribution in [3.63, 3.8) is 0 Å². The molecule has 4 heteroatoms. The van der Waals surface area contributed by atoms with Gasteiger partial charge in [0.15, 0.2) is 0 Å². The van der Waals surface area contributed by atoms with Gasteiger partial charge in [-0.05, 0) is 30.5 Å². The van der Waals surface area contributed by atoms with Gasteiger partial charge in [0, 0.05) is 10.2 Å². The fourth-order valence-corrected chi connectivity index (χ4v) is 1.79. The van der Waals surface area contributed by atoms with Crippen molar-refractivity contribution in [3.8, 4) is 0 Å². The molecule has 0 fully saturated rings. The average Bonchev–Trinajstić information content (AvgIpc) is 2.18. The van der Waals surface area contributed by atoms with E-state index in [1.165, 1.54) is 0 Å². The Labute approximate surface area is 104 Å². The van der Waals surface area contributed by atoms with Gasteiger partial charge in [-0.1, -0.05) is 35.8 Å². The van der Waals surface area contributed by atoms with Crippen molar-refractivity contribution in [2.75, 3.05) is 5.32 Å². The molecule has 1 atom stereocenters. The first-order valence-corrected chi connectivity index (χ1v) is 5.96. The van der Waals surface area contributed by atoms with Gasteiger partial charge in [0.2, 0.25) is 0 Å². The Bertz CT molecular complexity index is 391. The maximum Gasteiger partial charge on any atom is 0.326 e. The Morgan fingerprint density at radius 1 is 1.44 bits per heavy atom. The summed E-state index contributed by atoms with van der Waals surface area (Å²) in [5, 5.41) is 12.1. The molecule has 1 unspecified atom stereocenters. The molecule has 0 spiro atoms. The molecule has 3 nitrogen and oxygen atoms in total. The van der Waals surface area contributed by atoms with Gasteiger partial charge in [-0.25, -0.2) is 4.79 Å². The molecule has 0 saturated heterocycles. The van der Waals surface area contributed by atoms with Gasteiger partial charge < -0.3 is 10.4 Å². The van der Waals surface area contributed by atoms with E-state index >= 15 is 0 Å². The van der Waals surface area contributed by atoms with Crippen LogP contribution in [-0.2, 0) is 4.79 Å². The van der Waals surface area contributed by atoms with Crippen LogP contribution in [0.1, 0.15) is 19.4 Å². The van der Waals surface area contributed by atoms with Gasteiger partial charge >= 0.3 is 5.97 Å². The van der Waals surface area contributed by atoms with E-state index in [1.54, 1.807) is 0 Å². The number of aryl methyl sites for hydroxylation is 1. The normalized spacial score (nSPS) is 12.6. The lowest BCUT2D eigenvalue weighted by atomic mass is 10.0. The number of halogens is 1. The van der Waals surface area contributed by atoms with E-state index in [4.69, 9.17) is 5.11 Å². The Morgan fingerprint density at radius 3 is 2.56 bits per heavy atom. The standard InChI is InChI=1S/C12H16BrNO2/c1-7(2)11(12(15)16)14-10-6-9(13)5-4-8(10)3/h4-7,11,14H,1-3H3,(H,15,16). The topological polar surface area (TPSA) is 49.3 Å². The third kappa shape index (κ3) is 3.23. The van der Waals surface area contributed by atoms with Crippen LogP contribution in [0.5, 0.6) is 0 Å². The number of carboxylic acid groups (broad SMARTS) is 1. The van der Waals surface area contributed by atoms with E-state index < -0.39 is 12.0 Å². The molecule has 1 aromatic rings. The molecule has 0 aliphatic carbocycles. The molecule has 0 aliphatic rings. The van der Waals surface area contributed by atoms with Crippen LogP contribution in [0.25, 0.3) is 0 Å². The molecule has 0 saturated carbocycles. The van der Waals surface area contributed by atoms with Gasteiger partial charge in [-0.2, -0.15) is 0 Å². The molecule has 16 heavy (non-hydrogen) atoms. The zero-order valence-corrected chi connectivity index (χ0v) is 11.2. The second kappa shape index (κ2) is 5.34. The average molecular weight is 286 g/mol. The van der Waals surface area contributed by atoms with Crippen LogP contribution in [0.4, 0.5) is 5.69 Å². The Kier molecular flexibility index (Phi) is 4.35. The monoisotopic (exact) mass is 285 g/mol. The Hall–Kier alpha value is -1.03. The van der Waals surface area contributed by atoms with Crippen LogP contribution in [-0.4, -0.2) is 17.1 Å². The predicted octanol–water partition coefficient (Wildman–Crippen LogP) is 3.28. The molecule has 1 aromatic carbocycles. The summed E-state index contributed by atoms with van der Waals surface area (Å²) in [7, 11) is 0. The predicted molar refractivity (Wildman–Crippen MR) is 68.8 cm³/mol. The number of benzene rings is 1. The zero-order chi connectivity index (χ0) is 12.3. The van der Waals surface area contributed by atoms with E-state index in [9.17, 15) is 4.79 Å². The highest BCUT2D eigenvalue weighted by molar-refractivity contribution is 9.10. The number of rotatable bonds is 4. The summed E-state index contributed by atoms with van der Waals surface area (Å²) >= 11 is 3.37. The number of hydrogen-bond donors (Lipinski definition) is 2. The van der Waals surface area contributed by atoms with Crippen molar-refractivity contribution in [2.45, 2.75) is 26.8 Å². The summed E-state index contributed by atoms with van der Waals surface area (Å²) in [4.78, 5) is 11.1. The summed E-state index contributed by atoms with van der Waals surface area (Å²) < 4.78 is 0.938. The van der Waals surface area contributed by atoms with Crippen molar-refractivity contribution in [3.05, 3.63) is 28.2 Å². The highest BCUT2D eigenvalue weighted by Crippen LogP contribution is 2.22. The third-order valence-electron chi connectivity index (χ3n) is 2.44. The van der Waals surface area contributed by atoms with Crippen molar-refractivity contribution in [1.29, 1.82) is 0 Å². The van der Waals surface area contributed by atoms with Gasteiger partial charge in [0.05, 0.1) is 0 Å². The molecule has 1 rings (SSSR count). The van der Waals surface area contributed by atoms with Crippen LogP contribution >= 0.6 is 15.9 Å². The number of carboxylic acids is 1. The van der Waals surface area contributed by atoms with Crippen molar-refractivity contribution >= 4 is 27.6 Å². The quantitative estimate of drug-likeness (QED) is 0.893. The molecule has 0 heterocycles. The van der Waals surface area contributed by atoms with Crippen LogP contribution in [0, 0.1) is 12.8 Å². The first kappa shape index (κ1) is 13.0. The number of anilines is 1. The molecule has 0 amide bonds. The summed E-state index contributed by atoms with van der Waals surface area (Å²) in [6.45, 7) is 5.73. The maximum atomic E-state index is 11.1. The molecule has 0 radical (unpaired) electrons. The number of carbonyl (C=O) groups is 1. The van der Waals surface area contributed by atoms with E-state index in [2.05, 4.69) is 21.2 Å². The molecule has 88 valence electrons. The summed E-state index contributed by atoms with van der Waals surface area (Å²) in [6.07, 6.45) is 0. The van der Waals surface area contributed by atoms with Gasteiger partial charge in [0.25, 0.3) is 0 Å². The lowest BCUT2D eigenvalue weighted by Gasteiger charge is -2.20.